The van der Waals surface area contributed by atoms with Crippen molar-refractivity contribution in [3.63, 3.8) is 0 Å². The third-order valence-electron chi connectivity index (χ3n) is 5.23. The van der Waals surface area contributed by atoms with E-state index >= 15 is 0 Å². The third-order valence-corrected chi connectivity index (χ3v) is 6.15. The normalized spacial score (nSPS) is 14.1. The Morgan fingerprint density at radius 3 is 2.87 bits per heavy atom. The highest BCUT2D eigenvalue weighted by molar-refractivity contribution is 9.10. The van der Waals surface area contributed by atoms with Gasteiger partial charge in [-0.1, -0.05) is 27.5 Å². The number of hydrogen-bond donors (Lipinski definition) is 0. The summed E-state index contributed by atoms with van der Waals surface area (Å²) in [5.41, 5.74) is 3.60. The van der Waals surface area contributed by atoms with E-state index in [0.29, 0.717) is 35.1 Å². The lowest BCUT2D eigenvalue weighted by Gasteiger charge is -2.28. The van der Waals surface area contributed by atoms with Crippen LogP contribution in [0.4, 0.5) is 0 Å². The second-order valence-corrected chi connectivity index (χ2v) is 8.48. The number of halogens is 2. The largest absolute Gasteiger partial charge is 0.422 e. The zero-order valence-corrected chi connectivity index (χ0v) is 18.2. The van der Waals surface area contributed by atoms with Crippen molar-refractivity contribution in [3.05, 3.63) is 85.7 Å². The van der Waals surface area contributed by atoms with Crippen molar-refractivity contribution in [1.29, 1.82) is 0 Å². The minimum atomic E-state index is -0.398. The Balaban J connectivity index is 1.41. The predicted molar refractivity (Wildman–Crippen MR) is 118 cm³/mol. The van der Waals surface area contributed by atoms with E-state index in [1.807, 2.05) is 30.5 Å². The molecular weight excluding hydrogens is 468 g/mol. The molecule has 4 aromatic rings. The summed E-state index contributed by atoms with van der Waals surface area (Å²) in [5.74, 6) is 0.702. The van der Waals surface area contributed by atoms with Crippen LogP contribution in [0.25, 0.3) is 22.4 Å². The lowest BCUT2D eigenvalue weighted by atomic mass is 10.1. The molecule has 0 bridgehead atoms. The number of hydrogen-bond acceptors (Lipinski definition) is 6. The molecule has 0 spiro atoms. The third kappa shape index (κ3) is 3.64. The number of pyridine rings is 1. The van der Waals surface area contributed by atoms with E-state index in [-0.39, 0.29) is 0 Å². The van der Waals surface area contributed by atoms with Crippen LogP contribution in [-0.4, -0.2) is 26.4 Å². The molecule has 150 valence electrons. The van der Waals surface area contributed by atoms with Gasteiger partial charge in [0.2, 0.25) is 0 Å². The number of benzene rings is 1. The summed E-state index contributed by atoms with van der Waals surface area (Å²) >= 11 is 10.0. The van der Waals surface area contributed by atoms with Gasteiger partial charge in [0.05, 0.1) is 16.3 Å². The first-order chi connectivity index (χ1) is 14.6. The molecule has 1 aromatic carbocycles. The minimum absolute atomic E-state index is 0.398. The van der Waals surface area contributed by atoms with Gasteiger partial charge in [-0.05, 0) is 30.3 Å². The first-order valence-electron chi connectivity index (χ1n) is 9.47. The van der Waals surface area contributed by atoms with Crippen LogP contribution in [-0.2, 0) is 19.5 Å². The first kappa shape index (κ1) is 19.4. The number of aromatic nitrogens is 3. The van der Waals surface area contributed by atoms with Gasteiger partial charge < -0.3 is 4.42 Å². The fraction of sp³-hybridized carbons (Fsp3) is 0.182. The minimum Gasteiger partial charge on any atom is -0.422 e. The van der Waals surface area contributed by atoms with E-state index in [1.54, 1.807) is 18.5 Å². The molecule has 0 saturated heterocycles. The average molecular weight is 484 g/mol. The first-order valence-corrected chi connectivity index (χ1v) is 10.6. The molecule has 4 heterocycles. The number of fused-ring (bicyclic) bond motifs is 2. The van der Waals surface area contributed by atoms with Crippen molar-refractivity contribution in [2.75, 3.05) is 6.54 Å². The van der Waals surface area contributed by atoms with E-state index in [1.165, 1.54) is 0 Å². The quantitative estimate of drug-likeness (QED) is 0.396. The van der Waals surface area contributed by atoms with Crippen LogP contribution in [0.3, 0.4) is 0 Å². The molecule has 5 rings (SSSR count). The summed E-state index contributed by atoms with van der Waals surface area (Å²) in [6.07, 6.45) is 6.11. The van der Waals surface area contributed by atoms with Gasteiger partial charge in [0.1, 0.15) is 5.58 Å². The lowest BCUT2D eigenvalue weighted by Crippen LogP contribution is -2.32. The molecule has 0 atom stereocenters. The molecule has 8 heteroatoms. The SMILES string of the molecule is O=c1oc2ccc(Br)cc2c(Cl)c1CN1CCc2nc(-c3ccncc3)ncc2C1. The maximum absolute atomic E-state index is 12.5. The van der Waals surface area contributed by atoms with Crippen LogP contribution < -0.4 is 5.63 Å². The molecule has 0 unspecified atom stereocenters. The molecule has 1 aliphatic rings. The summed E-state index contributed by atoms with van der Waals surface area (Å²) in [7, 11) is 0. The second-order valence-electron chi connectivity index (χ2n) is 7.18. The van der Waals surface area contributed by atoms with Crippen LogP contribution in [0.2, 0.25) is 5.02 Å². The van der Waals surface area contributed by atoms with Gasteiger partial charge in [-0.15, -0.1) is 0 Å². The van der Waals surface area contributed by atoms with E-state index in [4.69, 9.17) is 21.0 Å². The Hall–Kier alpha value is -2.61. The van der Waals surface area contributed by atoms with Gasteiger partial charge in [0.25, 0.3) is 0 Å². The second kappa shape index (κ2) is 7.91. The van der Waals surface area contributed by atoms with E-state index in [2.05, 4.69) is 30.8 Å². The Labute approximate surface area is 185 Å². The van der Waals surface area contributed by atoms with Crippen molar-refractivity contribution < 1.29 is 4.42 Å². The number of rotatable bonds is 3. The summed E-state index contributed by atoms with van der Waals surface area (Å²) in [4.78, 5) is 28.0. The molecule has 0 fully saturated rings. The maximum atomic E-state index is 12.5. The summed E-state index contributed by atoms with van der Waals surface area (Å²) in [6, 6.07) is 9.23. The van der Waals surface area contributed by atoms with Gasteiger partial charge in [0, 0.05) is 65.6 Å². The van der Waals surface area contributed by atoms with E-state index < -0.39 is 5.63 Å². The van der Waals surface area contributed by atoms with Gasteiger partial charge in [-0.2, -0.15) is 0 Å². The highest BCUT2D eigenvalue weighted by Crippen LogP contribution is 2.29. The van der Waals surface area contributed by atoms with Gasteiger partial charge >= 0.3 is 5.63 Å². The molecular formula is C22H16BrClN4O2. The summed E-state index contributed by atoms with van der Waals surface area (Å²) in [5, 5.41) is 1.17. The molecule has 30 heavy (non-hydrogen) atoms. The van der Waals surface area contributed by atoms with Crippen LogP contribution in [0.5, 0.6) is 0 Å². The monoisotopic (exact) mass is 482 g/mol. The van der Waals surface area contributed by atoms with Crippen molar-refractivity contribution in [2.45, 2.75) is 19.5 Å². The molecule has 3 aromatic heterocycles. The number of nitrogens with zero attached hydrogens (tertiary/aromatic N) is 4. The Morgan fingerprint density at radius 2 is 2.03 bits per heavy atom. The van der Waals surface area contributed by atoms with Gasteiger partial charge in [-0.25, -0.2) is 14.8 Å². The van der Waals surface area contributed by atoms with Crippen molar-refractivity contribution in [1.82, 2.24) is 19.9 Å². The summed E-state index contributed by atoms with van der Waals surface area (Å²) < 4.78 is 6.37. The van der Waals surface area contributed by atoms with Crippen molar-refractivity contribution in [2.24, 2.45) is 0 Å². The predicted octanol–water partition coefficient (Wildman–Crippen LogP) is 4.62. The Kier molecular flexibility index (Phi) is 5.10. The van der Waals surface area contributed by atoms with Gasteiger partial charge in [0.15, 0.2) is 5.82 Å². The standard InChI is InChI=1S/C22H16BrClN4O2/c23-15-1-2-19-16(9-15)20(24)17(22(29)30-19)12-28-8-5-18-14(11-28)10-26-21(27-18)13-3-6-25-7-4-13/h1-4,6-7,9-10H,5,8,11-12H2. The molecule has 6 nitrogen and oxygen atoms in total. The van der Waals surface area contributed by atoms with Crippen LogP contribution >= 0.6 is 27.5 Å². The fourth-order valence-electron chi connectivity index (χ4n) is 3.68. The highest BCUT2D eigenvalue weighted by Gasteiger charge is 2.22. The molecule has 0 saturated carbocycles. The zero-order valence-electron chi connectivity index (χ0n) is 15.8. The lowest BCUT2D eigenvalue weighted by molar-refractivity contribution is 0.240. The van der Waals surface area contributed by atoms with Crippen molar-refractivity contribution >= 4 is 38.5 Å². The van der Waals surface area contributed by atoms with E-state index in [0.717, 1.165) is 39.6 Å². The molecule has 1 aliphatic heterocycles. The fourth-order valence-corrected chi connectivity index (χ4v) is 4.33. The molecule has 0 radical (unpaired) electrons. The maximum Gasteiger partial charge on any atom is 0.342 e. The highest BCUT2D eigenvalue weighted by atomic mass is 79.9. The average Bonchev–Trinajstić information content (AvgIpc) is 2.77. The molecule has 0 aliphatic carbocycles. The zero-order chi connectivity index (χ0) is 20.7. The van der Waals surface area contributed by atoms with Crippen LogP contribution in [0.15, 0.2) is 62.6 Å². The van der Waals surface area contributed by atoms with E-state index in [9.17, 15) is 4.79 Å². The van der Waals surface area contributed by atoms with Crippen molar-refractivity contribution in [3.8, 4) is 11.4 Å². The smallest absolute Gasteiger partial charge is 0.342 e. The van der Waals surface area contributed by atoms with Crippen LogP contribution in [0, 0.1) is 0 Å². The molecule has 0 N–H and O–H groups in total. The van der Waals surface area contributed by atoms with Gasteiger partial charge in [-0.3, -0.25) is 9.88 Å². The Morgan fingerprint density at radius 1 is 1.20 bits per heavy atom. The Bertz CT molecular complexity index is 1310. The summed E-state index contributed by atoms with van der Waals surface area (Å²) in [6.45, 7) is 1.83. The van der Waals surface area contributed by atoms with Crippen LogP contribution in [0.1, 0.15) is 16.8 Å². The molecule has 0 amide bonds. The topological polar surface area (TPSA) is 72.1 Å².